The maximum absolute atomic E-state index is 13.5. The number of phosphoric acid groups is 1. The number of nitrogens with one attached hydrogen (secondary N) is 1. The van der Waals surface area contributed by atoms with Gasteiger partial charge in [-0.2, -0.15) is 0 Å². The van der Waals surface area contributed by atoms with Crippen molar-refractivity contribution in [3.05, 3.63) is 60.8 Å². The third-order valence-electron chi connectivity index (χ3n) is 14.7. The number of likely N-dealkylation sites (N-methyl/N-ethyl adjacent to an activating group) is 1. The van der Waals surface area contributed by atoms with Crippen molar-refractivity contribution in [3.8, 4) is 0 Å². The second-order valence-electron chi connectivity index (χ2n) is 23.6. The van der Waals surface area contributed by atoms with Crippen molar-refractivity contribution in [3.63, 3.8) is 0 Å². The number of hydrogen-bond donors (Lipinski definition) is 2. The van der Waals surface area contributed by atoms with Crippen molar-refractivity contribution in [2.45, 2.75) is 322 Å². The number of nitrogens with zero attached hydrogens (tertiary/aromatic N) is 1. The number of carbonyl (C=O) groups is 2. The van der Waals surface area contributed by atoms with E-state index >= 15 is 0 Å². The van der Waals surface area contributed by atoms with Crippen molar-refractivity contribution in [1.82, 2.24) is 5.32 Å². The fraction of sp³-hybridized carbons (Fsp3) is 0.824. The number of amides is 1. The van der Waals surface area contributed by atoms with Crippen LogP contribution in [-0.4, -0.2) is 74.3 Å². The molecule has 0 bridgehead atoms. The first-order chi connectivity index (χ1) is 37.9. The summed E-state index contributed by atoms with van der Waals surface area (Å²) in [5, 5.41) is 3.06. The van der Waals surface area contributed by atoms with E-state index in [4.69, 9.17) is 13.8 Å². The Morgan fingerprint density at radius 3 is 1.19 bits per heavy atom. The number of carbonyl (C=O) groups excluding carboxylic acids is 2. The smallest absolute Gasteiger partial charge is 0.456 e. The van der Waals surface area contributed by atoms with Crippen molar-refractivity contribution in [2.75, 3.05) is 40.9 Å². The van der Waals surface area contributed by atoms with Crippen LogP contribution in [-0.2, 0) is 27.9 Å². The molecule has 0 aromatic rings. The third-order valence-corrected chi connectivity index (χ3v) is 15.7. The van der Waals surface area contributed by atoms with E-state index in [0.29, 0.717) is 17.4 Å². The highest BCUT2D eigenvalue weighted by Crippen LogP contribution is 2.43. The third kappa shape index (κ3) is 58.4. The number of quaternary nitrogens is 1. The molecule has 78 heavy (non-hydrogen) atoms. The van der Waals surface area contributed by atoms with Gasteiger partial charge < -0.3 is 19.4 Å². The summed E-state index contributed by atoms with van der Waals surface area (Å²) in [5.41, 5.74) is 0. The summed E-state index contributed by atoms with van der Waals surface area (Å²) in [5.74, 6) is -0.502. The lowest BCUT2D eigenvalue weighted by Crippen LogP contribution is -2.47. The highest BCUT2D eigenvalue weighted by Gasteiger charge is 2.30. The van der Waals surface area contributed by atoms with Gasteiger partial charge in [0.2, 0.25) is 5.91 Å². The largest absolute Gasteiger partial charge is 0.472 e. The molecule has 456 valence electrons. The van der Waals surface area contributed by atoms with E-state index in [1.807, 2.05) is 33.3 Å². The van der Waals surface area contributed by atoms with Crippen molar-refractivity contribution >= 4 is 19.7 Å². The van der Waals surface area contributed by atoms with Crippen LogP contribution in [0.5, 0.6) is 0 Å². The number of allylic oxidation sites excluding steroid dienone is 9. The molecule has 1 amide bonds. The molecule has 0 radical (unpaired) electrons. The van der Waals surface area contributed by atoms with Crippen LogP contribution in [0.3, 0.4) is 0 Å². The molecule has 0 rings (SSSR count). The zero-order chi connectivity index (χ0) is 57.2. The topological polar surface area (TPSA) is 111 Å². The molecule has 0 aromatic heterocycles. The molecule has 0 spiro atoms. The van der Waals surface area contributed by atoms with E-state index in [9.17, 15) is 19.0 Å². The van der Waals surface area contributed by atoms with Gasteiger partial charge in [-0.05, 0) is 76.7 Å². The maximum atomic E-state index is 13.5. The molecule has 3 atom stereocenters. The van der Waals surface area contributed by atoms with E-state index in [2.05, 4.69) is 74.7 Å². The normalized spacial score (nSPS) is 14.0. The van der Waals surface area contributed by atoms with E-state index in [1.165, 1.54) is 193 Å². The van der Waals surface area contributed by atoms with Gasteiger partial charge in [0, 0.05) is 12.8 Å². The number of ether oxygens (including phenoxy) is 1. The molecule has 0 fully saturated rings. The number of phosphoric ester groups is 1. The summed E-state index contributed by atoms with van der Waals surface area (Å²) in [4.78, 5) is 37.8. The predicted molar refractivity (Wildman–Crippen MR) is 337 cm³/mol. The minimum absolute atomic E-state index is 0.0396. The van der Waals surface area contributed by atoms with E-state index in [0.717, 1.165) is 83.5 Å². The molecule has 10 heteroatoms. The SMILES string of the molecule is CCCCC/C=C\C/C=C\C/C=C\C/C=C\CCCCCCCCCCCC(=O)OC(/C=C/CCCCCCCCCCC)C(COP(=O)(O)OCC[N+](C)(C)C)NC(=O)CCCCCCCCCCCCCCCCCC. The summed E-state index contributed by atoms with van der Waals surface area (Å²) >= 11 is 0. The van der Waals surface area contributed by atoms with Gasteiger partial charge in [0.15, 0.2) is 0 Å². The summed E-state index contributed by atoms with van der Waals surface area (Å²) in [6.07, 6.45) is 73.6. The standard InChI is InChI=1S/C68H127N2O7P/c1-7-10-13-16-19-22-25-27-29-31-32-33-34-35-36-37-38-39-41-43-46-49-52-55-58-61-68(72)77-66(59-56-53-50-47-44-24-21-18-15-12-9-3)65(64-76-78(73,74)75-63-62-70(4,5)6)69-67(71)60-57-54-51-48-45-42-40-30-28-26-23-20-17-14-11-8-2/h19,22,27,29,32-33,35-36,56,59,65-66H,7-18,20-21,23-26,28,30-31,34,37-55,57-58,60-64H2,1-6H3,(H-,69,71,73,74)/p+1/b22-19-,29-27-,33-32-,36-35-,59-56+. The fourth-order valence-electron chi connectivity index (χ4n) is 9.57. The number of esters is 1. The lowest BCUT2D eigenvalue weighted by atomic mass is 10.0. The minimum atomic E-state index is -4.45. The summed E-state index contributed by atoms with van der Waals surface area (Å²) in [6, 6.07) is -0.849. The van der Waals surface area contributed by atoms with Crippen LogP contribution in [0.4, 0.5) is 0 Å². The lowest BCUT2D eigenvalue weighted by molar-refractivity contribution is -0.870. The van der Waals surface area contributed by atoms with Crippen LogP contribution in [0.2, 0.25) is 0 Å². The summed E-state index contributed by atoms with van der Waals surface area (Å²) in [7, 11) is 1.50. The molecule has 0 aliphatic heterocycles. The number of unbranched alkanes of at least 4 members (excludes halogenated alkanes) is 36. The average Bonchev–Trinajstić information content (AvgIpc) is 3.41. The molecule has 0 saturated heterocycles. The van der Waals surface area contributed by atoms with Gasteiger partial charge in [0.05, 0.1) is 33.8 Å². The van der Waals surface area contributed by atoms with Gasteiger partial charge in [0.1, 0.15) is 19.3 Å². The van der Waals surface area contributed by atoms with Crippen molar-refractivity contribution in [2.24, 2.45) is 0 Å². The zero-order valence-electron chi connectivity index (χ0n) is 52.2. The minimum Gasteiger partial charge on any atom is -0.456 e. The van der Waals surface area contributed by atoms with Gasteiger partial charge in [-0.25, -0.2) is 4.57 Å². The van der Waals surface area contributed by atoms with Gasteiger partial charge in [-0.1, -0.05) is 281 Å². The molecule has 0 heterocycles. The van der Waals surface area contributed by atoms with E-state index in [-0.39, 0.29) is 31.5 Å². The number of hydrogen-bond acceptors (Lipinski definition) is 6. The monoisotopic (exact) mass is 1120 g/mol. The highest BCUT2D eigenvalue weighted by molar-refractivity contribution is 7.47. The first kappa shape index (κ1) is 75.7. The second-order valence-corrected chi connectivity index (χ2v) is 25.1. The Labute approximate surface area is 483 Å². The average molecular weight is 1120 g/mol. The molecular weight excluding hydrogens is 988 g/mol. The summed E-state index contributed by atoms with van der Waals surface area (Å²) < 4.78 is 30.7. The van der Waals surface area contributed by atoms with Crippen molar-refractivity contribution in [1.29, 1.82) is 0 Å². The molecule has 0 saturated carbocycles. The molecule has 0 aliphatic rings. The Bertz CT molecular complexity index is 1520. The Balaban J connectivity index is 5.09. The molecule has 0 aliphatic carbocycles. The Hall–Kier alpha value is -2.29. The molecular formula is C68H128N2O7P+. The lowest BCUT2D eigenvalue weighted by Gasteiger charge is -2.27. The first-order valence-electron chi connectivity index (χ1n) is 33.1. The van der Waals surface area contributed by atoms with Gasteiger partial charge >= 0.3 is 13.8 Å². The van der Waals surface area contributed by atoms with Crippen LogP contribution in [0.25, 0.3) is 0 Å². The molecule has 2 N–H and O–H groups in total. The predicted octanol–water partition coefficient (Wildman–Crippen LogP) is 20.6. The fourth-order valence-corrected chi connectivity index (χ4v) is 10.3. The van der Waals surface area contributed by atoms with Crippen LogP contribution >= 0.6 is 7.82 Å². The quantitative estimate of drug-likeness (QED) is 0.0205. The maximum Gasteiger partial charge on any atom is 0.472 e. The second kappa shape index (κ2) is 57.9. The van der Waals surface area contributed by atoms with Gasteiger partial charge in [0.25, 0.3) is 0 Å². The first-order valence-corrected chi connectivity index (χ1v) is 34.6. The molecule has 0 aromatic carbocycles. The van der Waals surface area contributed by atoms with Crippen LogP contribution < -0.4 is 5.32 Å². The highest BCUT2D eigenvalue weighted by atomic mass is 31.2. The Kier molecular flexibility index (Phi) is 56.2. The van der Waals surface area contributed by atoms with Crippen LogP contribution in [0.15, 0.2) is 60.8 Å². The van der Waals surface area contributed by atoms with E-state index in [1.54, 1.807) is 0 Å². The van der Waals surface area contributed by atoms with Gasteiger partial charge in [-0.15, -0.1) is 0 Å². The van der Waals surface area contributed by atoms with Crippen molar-refractivity contribution < 1.29 is 37.3 Å². The van der Waals surface area contributed by atoms with Crippen LogP contribution in [0, 0.1) is 0 Å². The zero-order valence-corrected chi connectivity index (χ0v) is 53.1. The Morgan fingerprint density at radius 1 is 0.449 bits per heavy atom. The van der Waals surface area contributed by atoms with E-state index < -0.39 is 20.0 Å². The van der Waals surface area contributed by atoms with Gasteiger partial charge in [-0.3, -0.25) is 18.6 Å². The van der Waals surface area contributed by atoms with Crippen LogP contribution in [0.1, 0.15) is 310 Å². The number of rotatable bonds is 60. The summed E-state index contributed by atoms with van der Waals surface area (Å²) in [6.45, 7) is 7.01. The molecule has 3 unspecified atom stereocenters. The Morgan fingerprint density at radius 2 is 0.782 bits per heavy atom. The molecule has 9 nitrogen and oxygen atoms in total.